The van der Waals surface area contributed by atoms with Crippen molar-refractivity contribution in [2.45, 2.75) is 52.1 Å². The van der Waals surface area contributed by atoms with E-state index < -0.39 is 5.97 Å². The second kappa shape index (κ2) is 12.8. The van der Waals surface area contributed by atoms with Crippen LogP contribution in [0, 0.1) is 11.2 Å². The highest BCUT2D eigenvalue weighted by Crippen LogP contribution is 2.49. The Labute approximate surface area is 265 Å². The molecule has 0 amide bonds. The predicted octanol–water partition coefficient (Wildman–Crippen LogP) is 7.47. The molecule has 0 spiro atoms. The van der Waals surface area contributed by atoms with Crippen LogP contribution in [0.25, 0.3) is 32.8 Å². The number of carbonyl (C=O) groups is 1. The van der Waals surface area contributed by atoms with E-state index >= 15 is 0 Å². The van der Waals surface area contributed by atoms with E-state index in [1.165, 1.54) is 12.1 Å². The molecule has 2 aromatic heterocycles. The van der Waals surface area contributed by atoms with Crippen molar-refractivity contribution >= 4 is 39.2 Å². The Morgan fingerprint density at radius 1 is 1.16 bits per heavy atom. The van der Waals surface area contributed by atoms with Crippen molar-refractivity contribution in [3.05, 3.63) is 82.0 Å². The second-order valence-electron chi connectivity index (χ2n) is 11.9. The summed E-state index contributed by atoms with van der Waals surface area (Å²) in [5, 5.41) is 27.3. The monoisotopic (exact) mass is 633 g/mol. The van der Waals surface area contributed by atoms with Gasteiger partial charge in [0.15, 0.2) is 0 Å². The third-order valence-corrected chi connectivity index (χ3v) is 9.26. The minimum Gasteiger partial charge on any atom is -0.493 e. The number of nitrogens with zero attached hydrogens (tertiary/aromatic N) is 2. The molecule has 0 atom stereocenters. The van der Waals surface area contributed by atoms with Gasteiger partial charge in [0, 0.05) is 41.2 Å². The van der Waals surface area contributed by atoms with Crippen LogP contribution in [0.1, 0.15) is 60.0 Å². The SMILES string of the molecule is CCc1c(-c2c(Cl)ccc3c(CCCOc4cccc5cc(F)ccc45)c(C(=O)O)[nH]c23)c(COCC2(CCO)CC2)nn1C. The van der Waals surface area contributed by atoms with Crippen LogP contribution in [-0.4, -0.2) is 50.8 Å². The lowest BCUT2D eigenvalue weighted by Crippen LogP contribution is -2.12. The summed E-state index contributed by atoms with van der Waals surface area (Å²) in [6, 6.07) is 13.8. The lowest BCUT2D eigenvalue weighted by molar-refractivity contribution is 0.0653. The number of aliphatic hydroxyl groups excluding tert-OH is 1. The molecule has 1 saturated carbocycles. The van der Waals surface area contributed by atoms with Gasteiger partial charge in [0.2, 0.25) is 0 Å². The number of hydrogen-bond donors (Lipinski definition) is 3. The van der Waals surface area contributed by atoms with E-state index in [0.29, 0.717) is 59.9 Å². The fraction of sp³-hybridized carbons (Fsp3) is 0.371. The van der Waals surface area contributed by atoms with E-state index in [-0.39, 0.29) is 30.1 Å². The smallest absolute Gasteiger partial charge is 0.352 e. The maximum atomic E-state index is 13.7. The largest absolute Gasteiger partial charge is 0.493 e. The van der Waals surface area contributed by atoms with Crippen LogP contribution in [0.5, 0.6) is 5.75 Å². The summed E-state index contributed by atoms with van der Waals surface area (Å²) in [5.41, 5.74) is 4.76. The Morgan fingerprint density at radius 3 is 2.69 bits per heavy atom. The van der Waals surface area contributed by atoms with Gasteiger partial charge in [-0.05, 0) is 85.2 Å². The van der Waals surface area contributed by atoms with Gasteiger partial charge in [0.1, 0.15) is 17.3 Å². The molecule has 2 heterocycles. The van der Waals surface area contributed by atoms with Gasteiger partial charge in [-0.3, -0.25) is 4.68 Å². The fourth-order valence-corrected chi connectivity index (χ4v) is 6.67. The minimum absolute atomic E-state index is 0.0505. The van der Waals surface area contributed by atoms with E-state index in [1.54, 1.807) is 6.07 Å². The van der Waals surface area contributed by atoms with Crippen molar-refractivity contribution in [1.29, 1.82) is 0 Å². The van der Waals surface area contributed by atoms with Crippen LogP contribution in [0.3, 0.4) is 0 Å². The standard InChI is InChI=1S/C35H37ClFN3O5/c1-3-28-31(27(39-40(28)2)19-44-20-35(13-14-35)15-16-41)30-26(36)12-11-25-24(33(34(42)43)38-32(25)30)7-5-17-45-29-8-4-6-21-18-22(37)9-10-23(21)29/h4,6,8-12,18,38,41H,3,5,7,13-17,19-20H2,1-2H3,(H,42,43). The van der Waals surface area contributed by atoms with E-state index in [2.05, 4.69) is 11.9 Å². The van der Waals surface area contributed by atoms with Crippen molar-refractivity contribution < 1.29 is 28.9 Å². The van der Waals surface area contributed by atoms with Gasteiger partial charge in [-0.25, -0.2) is 9.18 Å². The molecule has 1 aliphatic carbocycles. The molecular formula is C35H37ClFN3O5. The van der Waals surface area contributed by atoms with Crippen LogP contribution in [0.4, 0.5) is 4.39 Å². The van der Waals surface area contributed by atoms with Gasteiger partial charge in [-0.2, -0.15) is 5.10 Å². The normalized spacial score (nSPS) is 14.0. The maximum absolute atomic E-state index is 13.7. The van der Waals surface area contributed by atoms with E-state index in [0.717, 1.165) is 52.4 Å². The number of carboxylic acids is 1. The molecule has 10 heteroatoms. The highest BCUT2D eigenvalue weighted by Gasteiger charge is 2.42. The predicted molar refractivity (Wildman–Crippen MR) is 173 cm³/mol. The number of halogens is 2. The van der Waals surface area contributed by atoms with Crippen molar-refractivity contribution in [3.8, 4) is 16.9 Å². The van der Waals surface area contributed by atoms with Gasteiger partial charge in [0.05, 0.1) is 36.1 Å². The van der Waals surface area contributed by atoms with E-state index in [9.17, 15) is 19.4 Å². The molecule has 3 N–H and O–H groups in total. The average Bonchev–Trinajstić information content (AvgIpc) is 3.56. The number of benzene rings is 3. The van der Waals surface area contributed by atoms with E-state index in [4.69, 9.17) is 26.2 Å². The van der Waals surface area contributed by atoms with Crippen molar-refractivity contribution in [2.75, 3.05) is 19.8 Å². The number of fused-ring (bicyclic) bond motifs is 2. The molecule has 3 aromatic carbocycles. The molecule has 0 aliphatic heterocycles. The molecule has 0 radical (unpaired) electrons. The molecule has 1 aliphatic rings. The first-order chi connectivity index (χ1) is 21.7. The van der Waals surface area contributed by atoms with Crippen LogP contribution >= 0.6 is 11.6 Å². The number of aryl methyl sites for hydroxylation is 2. The Morgan fingerprint density at radius 2 is 1.96 bits per heavy atom. The van der Waals surface area contributed by atoms with Gasteiger partial charge >= 0.3 is 5.97 Å². The number of ether oxygens (including phenoxy) is 2. The number of nitrogens with one attached hydrogen (secondary N) is 1. The van der Waals surface area contributed by atoms with Crippen molar-refractivity contribution in [2.24, 2.45) is 12.5 Å². The molecule has 0 saturated heterocycles. The quantitative estimate of drug-likeness (QED) is 0.110. The molecule has 0 bridgehead atoms. The number of carboxylic acid groups (broad SMARTS) is 1. The Balaban J connectivity index is 1.29. The number of rotatable bonds is 14. The Bertz CT molecular complexity index is 1880. The topological polar surface area (TPSA) is 110 Å². The molecule has 8 nitrogen and oxygen atoms in total. The first-order valence-electron chi connectivity index (χ1n) is 15.4. The summed E-state index contributed by atoms with van der Waals surface area (Å²) < 4.78 is 27.8. The van der Waals surface area contributed by atoms with Crippen LogP contribution in [0.2, 0.25) is 5.02 Å². The van der Waals surface area contributed by atoms with Gasteiger partial charge in [-0.1, -0.05) is 36.7 Å². The average molecular weight is 634 g/mol. The summed E-state index contributed by atoms with van der Waals surface area (Å²) in [6.45, 7) is 3.38. The first-order valence-corrected chi connectivity index (χ1v) is 15.7. The summed E-state index contributed by atoms with van der Waals surface area (Å²) in [5.74, 6) is -0.702. The maximum Gasteiger partial charge on any atom is 0.352 e. The van der Waals surface area contributed by atoms with Gasteiger partial charge in [-0.15, -0.1) is 0 Å². The van der Waals surface area contributed by atoms with E-state index in [1.807, 2.05) is 42.1 Å². The summed E-state index contributed by atoms with van der Waals surface area (Å²) in [4.78, 5) is 15.6. The zero-order valence-electron chi connectivity index (χ0n) is 25.5. The number of aliphatic hydroxyl groups is 1. The lowest BCUT2D eigenvalue weighted by Gasteiger charge is -2.14. The highest BCUT2D eigenvalue weighted by molar-refractivity contribution is 6.35. The molecule has 6 rings (SSSR count). The van der Waals surface area contributed by atoms with Crippen molar-refractivity contribution in [3.63, 3.8) is 0 Å². The Kier molecular flexibility index (Phi) is 8.86. The molecule has 5 aromatic rings. The summed E-state index contributed by atoms with van der Waals surface area (Å²) in [7, 11) is 1.89. The zero-order valence-corrected chi connectivity index (χ0v) is 26.2. The van der Waals surface area contributed by atoms with Crippen LogP contribution in [-0.2, 0) is 31.2 Å². The summed E-state index contributed by atoms with van der Waals surface area (Å²) >= 11 is 6.88. The third kappa shape index (κ3) is 6.17. The van der Waals surface area contributed by atoms with Crippen LogP contribution in [0.15, 0.2) is 48.5 Å². The third-order valence-electron chi connectivity index (χ3n) is 8.95. The minimum atomic E-state index is -1.05. The highest BCUT2D eigenvalue weighted by atomic mass is 35.5. The molecule has 236 valence electrons. The zero-order chi connectivity index (χ0) is 31.7. The van der Waals surface area contributed by atoms with Gasteiger partial charge < -0.3 is 24.7 Å². The van der Waals surface area contributed by atoms with Crippen molar-refractivity contribution in [1.82, 2.24) is 14.8 Å². The molecule has 1 fully saturated rings. The van der Waals surface area contributed by atoms with Gasteiger partial charge in [0.25, 0.3) is 0 Å². The number of aromatic nitrogens is 3. The molecule has 0 unspecified atom stereocenters. The molecule has 45 heavy (non-hydrogen) atoms. The summed E-state index contributed by atoms with van der Waals surface area (Å²) in [6.07, 6.45) is 4.53. The number of aromatic amines is 1. The lowest BCUT2D eigenvalue weighted by atomic mass is 9.97. The number of hydrogen-bond acceptors (Lipinski definition) is 5. The first kappa shape index (κ1) is 31.1. The molecular weight excluding hydrogens is 597 g/mol. The fourth-order valence-electron chi connectivity index (χ4n) is 6.42. The number of aromatic carboxylic acids is 1. The second-order valence-corrected chi connectivity index (χ2v) is 12.3. The van der Waals surface area contributed by atoms with Crippen LogP contribution < -0.4 is 4.74 Å². The Hall–Kier alpha value is -3.92. The number of H-pyrrole nitrogens is 1.